The number of amides is 2. The fourth-order valence-electron chi connectivity index (χ4n) is 9.61. The van der Waals surface area contributed by atoms with E-state index in [0.29, 0.717) is 30.2 Å². The van der Waals surface area contributed by atoms with Crippen molar-refractivity contribution in [3.05, 3.63) is 47.5 Å². The van der Waals surface area contributed by atoms with Gasteiger partial charge in [0.2, 0.25) is 11.8 Å². The summed E-state index contributed by atoms with van der Waals surface area (Å²) in [5.74, 6) is 2.23. The molecule has 1 unspecified atom stereocenters. The van der Waals surface area contributed by atoms with Crippen molar-refractivity contribution < 1.29 is 14.7 Å². The first-order valence-electron chi connectivity index (χ1n) is 15.8. The van der Waals surface area contributed by atoms with E-state index in [2.05, 4.69) is 32.2 Å². The molecular formula is C35H52N2O3. The van der Waals surface area contributed by atoms with E-state index in [-0.39, 0.29) is 46.7 Å². The van der Waals surface area contributed by atoms with Crippen molar-refractivity contribution >= 4 is 11.8 Å². The van der Waals surface area contributed by atoms with Gasteiger partial charge < -0.3 is 15.3 Å². The Hall–Kier alpha value is -2.14. The van der Waals surface area contributed by atoms with Gasteiger partial charge in [0.05, 0.1) is 12.6 Å². The molecule has 1 aromatic rings. The molecule has 0 bridgehead atoms. The van der Waals surface area contributed by atoms with Crippen molar-refractivity contribution in [1.29, 1.82) is 0 Å². The van der Waals surface area contributed by atoms with Crippen molar-refractivity contribution in [2.45, 2.75) is 111 Å². The minimum absolute atomic E-state index is 0.0880. The van der Waals surface area contributed by atoms with Gasteiger partial charge in [0, 0.05) is 18.0 Å². The van der Waals surface area contributed by atoms with E-state index in [1.54, 1.807) is 4.90 Å². The summed E-state index contributed by atoms with van der Waals surface area (Å²) in [6, 6.07) is 10.1. The molecule has 8 atom stereocenters. The molecule has 0 aliphatic heterocycles. The summed E-state index contributed by atoms with van der Waals surface area (Å²) in [4.78, 5) is 29.0. The van der Waals surface area contributed by atoms with E-state index in [1.165, 1.54) is 24.8 Å². The lowest BCUT2D eigenvalue weighted by Crippen LogP contribution is -2.52. The van der Waals surface area contributed by atoms with Crippen LogP contribution in [0.15, 0.2) is 42.0 Å². The van der Waals surface area contributed by atoms with E-state index >= 15 is 0 Å². The van der Waals surface area contributed by atoms with Crippen molar-refractivity contribution in [2.24, 2.45) is 40.4 Å². The minimum atomic E-state index is -0.337. The van der Waals surface area contributed by atoms with Crippen molar-refractivity contribution in [2.75, 3.05) is 6.54 Å². The van der Waals surface area contributed by atoms with Crippen LogP contribution in [0.1, 0.15) is 98.5 Å². The Morgan fingerprint density at radius 2 is 1.77 bits per heavy atom. The lowest BCUT2D eigenvalue weighted by atomic mass is 9.47. The summed E-state index contributed by atoms with van der Waals surface area (Å²) in [5.41, 5.74) is 2.61. The van der Waals surface area contributed by atoms with Gasteiger partial charge in [0.15, 0.2) is 0 Å². The Morgan fingerprint density at radius 3 is 2.48 bits per heavy atom. The summed E-state index contributed by atoms with van der Waals surface area (Å²) in [5, 5.41) is 13.4. The van der Waals surface area contributed by atoms with E-state index in [0.717, 1.165) is 37.7 Å². The lowest BCUT2D eigenvalue weighted by molar-refractivity contribution is -0.144. The number of aliphatic hydroxyl groups excluding tert-OH is 1. The normalized spacial score (nSPS) is 36.0. The van der Waals surface area contributed by atoms with Crippen LogP contribution in [0.2, 0.25) is 0 Å². The molecule has 5 rings (SSSR count). The third-order valence-electron chi connectivity index (χ3n) is 11.5. The number of carbonyl (C=O) groups is 2. The molecule has 5 heteroatoms. The first-order valence-corrected chi connectivity index (χ1v) is 15.8. The maximum atomic E-state index is 14.2. The van der Waals surface area contributed by atoms with Gasteiger partial charge in [0.1, 0.15) is 0 Å². The minimum Gasteiger partial charge on any atom is -0.393 e. The standard InChI is InChI=1S/C35H52N2O3/c1-23(32(40)37(21-24-10-8-7-9-11-24)22-31(39)36-33(2,3)4)28-14-15-29-27-13-12-25-20-26(38)16-18-34(25,5)30(27)17-19-35(28,29)6/h7-12,23,26-30,38H,13-22H2,1-6H3,(H,36,39)/t23?,26-,27-,28+,29-,30-,34-,35+/m0/s1. The zero-order chi connectivity index (χ0) is 28.9. The largest absolute Gasteiger partial charge is 0.393 e. The highest BCUT2D eigenvalue weighted by Crippen LogP contribution is 2.67. The lowest BCUT2D eigenvalue weighted by Gasteiger charge is -2.58. The average Bonchev–Trinajstić information content (AvgIpc) is 3.24. The second kappa shape index (κ2) is 10.9. The molecule has 2 amide bonds. The number of aliphatic hydroxyl groups is 1. The van der Waals surface area contributed by atoms with Crippen LogP contribution in [0.25, 0.3) is 0 Å². The van der Waals surface area contributed by atoms with E-state index in [9.17, 15) is 14.7 Å². The van der Waals surface area contributed by atoms with Crippen LogP contribution in [0.3, 0.4) is 0 Å². The van der Waals surface area contributed by atoms with Gasteiger partial charge >= 0.3 is 0 Å². The fourth-order valence-corrected chi connectivity index (χ4v) is 9.61. The topological polar surface area (TPSA) is 69.6 Å². The molecule has 1 aromatic carbocycles. The van der Waals surface area contributed by atoms with Crippen LogP contribution < -0.4 is 5.32 Å². The van der Waals surface area contributed by atoms with Crippen LogP contribution in [0, 0.1) is 40.4 Å². The van der Waals surface area contributed by atoms with Crippen LogP contribution >= 0.6 is 0 Å². The van der Waals surface area contributed by atoms with Gasteiger partial charge in [-0.15, -0.1) is 0 Å². The fraction of sp³-hybridized carbons (Fsp3) is 0.714. The zero-order valence-corrected chi connectivity index (χ0v) is 25.7. The number of nitrogens with zero attached hydrogens (tertiary/aromatic N) is 1. The highest BCUT2D eigenvalue weighted by atomic mass is 16.3. The average molecular weight is 549 g/mol. The highest BCUT2D eigenvalue weighted by Gasteiger charge is 2.59. The van der Waals surface area contributed by atoms with Gasteiger partial charge in [0.25, 0.3) is 0 Å². The molecule has 4 aliphatic rings. The Balaban J connectivity index is 1.34. The second-order valence-corrected chi connectivity index (χ2v) is 15.2. The molecule has 3 fully saturated rings. The number of hydrogen-bond acceptors (Lipinski definition) is 3. The molecule has 4 aliphatic carbocycles. The second-order valence-electron chi connectivity index (χ2n) is 15.2. The van der Waals surface area contributed by atoms with Crippen LogP contribution in [-0.4, -0.2) is 40.0 Å². The molecule has 0 heterocycles. The monoisotopic (exact) mass is 548 g/mol. The quantitative estimate of drug-likeness (QED) is 0.399. The number of nitrogens with one attached hydrogen (secondary N) is 1. The Labute approximate surface area is 242 Å². The van der Waals surface area contributed by atoms with Gasteiger partial charge in [-0.2, -0.15) is 0 Å². The predicted octanol–water partition coefficient (Wildman–Crippen LogP) is 6.51. The number of hydrogen-bond donors (Lipinski definition) is 2. The van der Waals surface area contributed by atoms with Crippen molar-refractivity contribution in [3.8, 4) is 0 Å². The number of benzene rings is 1. The summed E-state index contributed by atoms with van der Waals surface area (Å²) in [6.45, 7) is 13.6. The SMILES string of the molecule is CC(C(=O)N(CC(=O)NC(C)(C)C)Cc1ccccc1)[C@H]1CC[C@H]2[C@@H]3CC=C4C[C@@H](O)CC[C@]4(C)[C@H]3CC[C@]12C. The van der Waals surface area contributed by atoms with Gasteiger partial charge in [-0.3, -0.25) is 9.59 Å². The number of allylic oxidation sites excluding steroid dienone is 1. The van der Waals surface area contributed by atoms with Gasteiger partial charge in [-0.25, -0.2) is 0 Å². The third-order valence-corrected chi connectivity index (χ3v) is 11.5. The number of carbonyl (C=O) groups excluding carboxylic acids is 2. The third kappa shape index (κ3) is 5.52. The summed E-state index contributed by atoms with van der Waals surface area (Å²) in [7, 11) is 0. The summed E-state index contributed by atoms with van der Waals surface area (Å²) in [6.07, 6.45) is 11.0. The molecule has 40 heavy (non-hydrogen) atoms. The highest BCUT2D eigenvalue weighted by molar-refractivity contribution is 5.86. The molecular weight excluding hydrogens is 496 g/mol. The van der Waals surface area contributed by atoms with Crippen molar-refractivity contribution in [3.63, 3.8) is 0 Å². The van der Waals surface area contributed by atoms with E-state index in [4.69, 9.17) is 0 Å². The zero-order valence-electron chi connectivity index (χ0n) is 25.7. The van der Waals surface area contributed by atoms with Gasteiger partial charge in [-0.1, -0.05) is 62.8 Å². The first-order chi connectivity index (χ1) is 18.8. The Bertz CT molecular complexity index is 1120. The molecule has 0 saturated heterocycles. The maximum absolute atomic E-state index is 14.2. The predicted molar refractivity (Wildman–Crippen MR) is 160 cm³/mol. The van der Waals surface area contributed by atoms with Crippen molar-refractivity contribution in [1.82, 2.24) is 10.2 Å². The van der Waals surface area contributed by atoms with Crippen LogP contribution in [0.5, 0.6) is 0 Å². The first kappa shape index (κ1) is 29.4. The number of rotatable bonds is 6. The summed E-state index contributed by atoms with van der Waals surface area (Å²) < 4.78 is 0. The molecule has 0 aromatic heterocycles. The molecule has 5 nitrogen and oxygen atoms in total. The summed E-state index contributed by atoms with van der Waals surface area (Å²) >= 11 is 0. The Morgan fingerprint density at radius 1 is 1.05 bits per heavy atom. The Kier molecular flexibility index (Phi) is 8.02. The van der Waals surface area contributed by atoms with E-state index < -0.39 is 0 Å². The maximum Gasteiger partial charge on any atom is 0.240 e. The van der Waals surface area contributed by atoms with E-state index in [1.807, 2.05) is 51.1 Å². The molecule has 0 radical (unpaired) electrons. The molecule has 0 spiro atoms. The van der Waals surface area contributed by atoms with Crippen LogP contribution in [-0.2, 0) is 16.1 Å². The molecule has 3 saturated carbocycles. The van der Waals surface area contributed by atoms with Gasteiger partial charge in [-0.05, 0) is 112 Å². The molecule has 2 N–H and O–H groups in total. The smallest absolute Gasteiger partial charge is 0.240 e. The molecule has 220 valence electrons. The van der Waals surface area contributed by atoms with Crippen LogP contribution in [0.4, 0.5) is 0 Å². The number of fused-ring (bicyclic) bond motifs is 5.